The molecule has 0 aliphatic rings. The Morgan fingerprint density at radius 3 is 2.61 bits per heavy atom. The van der Waals surface area contributed by atoms with Crippen molar-refractivity contribution < 1.29 is 8.42 Å². The third-order valence-corrected chi connectivity index (χ3v) is 6.66. The maximum atomic E-state index is 12.3. The average molecular weight is 412 g/mol. The van der Waals surface area contributed by atoms with Crippen LogP contribution in [0.1, 0.15) is 11.1 Å². The highest BCUT2D eigenvalue weighted by atomic mass is 79.9. The van der Waals surface area contributed by atoms with Gasteiger partial charge in [-0.15, -0.1) is 11.3 Å². The zero-order valence-corrected chi connectivity index (χ0v) is 15.5. The number of hydrogen-bond donors (Lipinski definition) is 1. The summed E-state index contributed by atoms with van der Waals surface area (Å²) in [6.07, 6.45) is 3.19. The van der Waals surface area contributed by atoms with E-state index in [9.17, 15) is 8.42 Å². The van der Waals surface area contributed by atoms with E-state index in [-0.39, 0.29) is 4.21 Å². The highest BCUT2D eigenvalue weighted by molar-refractivity contribution is 9.11. The van der Waals surface area contributed by atoms with Crippen LogP contribution in [0.5, 0.6) is 0 Å². The van der Waals surface area contributed by atoms with E-state index in [1.807, 2.05) is 31.2 Å². The minimum absolute atomic E-state index is 0.260. The van der Waals surface area contributed by atoms with Crippen molar-refractivity contribution >= 4 is 43.0 Å². The third-order valence-electron chi connectivity index (χ3n) is 3.16. The van der Waals surface area contributed by atoms with Crippen molar-refractivity contribution in [3.63, 3.8) is 0 Å². The average Bonchev–Trinajstić information content (AvgIpc) is 3.11. The number of nitrogens with one attached hydrogen (secondary N) is 1. The Morgan fingerprint density at radius 1 is 1.22 bits per heavy atom. The quantitative estimate of drug-likeness (QED) is 0.692. The van der Waals surface area contributed by atoms with Gasteiger partial charge in [0.15, 0.2) is 0 Å². The van der Waals surface area contributed by atoms with Gasteiger partial charge in [0.1, 0.15) is 4.21 Å². The van der Waals surface area contributed by atoms with Gasteiger partial charge < -0.3 is 0 Å². The molecule has 0 aliphatic heterocycles. The molecule has 2 aromatic heterocycles. The van der Waals surface area contributed by atoms with Crippen LogP contribution < -0.4 is 4.72 Å². The lowest BCUT2D eigenvalue weighted by Gasteiger charge is -2.03. The Morgan fingerprint density at radius 2 is 1.96 bits per heavy atom. The van der Waals surface area contributed by atoms with Crippen molar-refractivity contribution in [2.24, 2.45) is 0 Å². The van der Waals surface area contributed by atoms with Crippen molar-refractivity contribution in [2.45, 2.75) is 17.7 Å². The molecule has 0 aliphatic carbocycles. The standard InChI is InChI=1S/C15H14BrN3O2S2/c1-11-2-4-12(5-3-11)9-19-10-13(8-17-19)18-23(20,21)15-7-6-14(16)22-15/h2-8,10,18H,9H2,1H3. The lowest BCUT2D eigenvalue weighted by atomic mass is 10.1. The summed E-state index contributed by atoms with van der Waals surface area (Å²) in [5, 5.41) is 4.20. The number of hydrogen-bond acceptors (Lipinski definition) is 4. The van der Waals surface area contributed by atoms with Crippen LogP contribution in [0.3, 0.4) is 0 Å². The molecular formula is C15H14BrN3O2S2. The fraction of sp³-hybridized carbons (Fsp3) is 0.133. The molecule has 120 valence electrons. The number of nitrogens with zero attached hydrogens (tertiary/aromatic N) is 2. The summed E-state index contributed by atoms with van der Waals surface area (Å²) >= 11 is 4.43. The Labute approximate surface area is 147 Å². The number of halogens is 1. The van der Waals surface area contributed by atoms with Gasteiger partial charge >= 0.3 is 0 Å². The highest BCUT2D eigenvalue weighted by Crippen LogP contribution is 2.27. The molecule has 2 heterocycles. The van der Waals surface area contributed by atoms with Crippen molar-refractivity contribution in [1.29, 1.82) is 0 Å². The Bertz CT molecular complexity index is 914. The van der Waals surface area contributed by atoms with E-state index in [1.165, 1.54) is 11.8 Å². The summed E-state index contributed by atoms with van der Waals surface area (Å²) in [7, 11) is -3.57. The number of benzene rings is 1. The summed E-state index contributed by atoms with van der Waals surface area (Å²) in [5.41, 5.74) is 2.75. The molecule has 5 nitrogen and oxygen atoms in total. The molecule has 0 atom stereocenters. The molecule has 0 bridgehead atoms. The van der Waals surface area contributed by atoms with Crippen LogP contribution in [0.15, 0.2) is 56.8 Å². The van der Waals surface area contributed by atoms with Crippen LogP contribution in [0.25, 0.3) is 0 Å². The number of thiophene rings is 1. The predicted octanol–water partition coefficient (Wildman–Crippen LogP) is 3.86. The van der Waals surface area contributed by atoms with E-state index in [1.54, 1.807) is 23.0 Å². The largest absolute Gasteiger partial charge is 0.276 e. The molecule has 1 aromatic carbocycles. The molecule has 0 fully saturated rings. The van der Waals surface area contributed by atoms with Crippen LogP contribution >= 0.6 is 27.3 Å². The first-order valence-electron chi connectivity index (χ1n) is 6.78. The summed E-state index contributed by atoms with van der Waals surface area (Å²) in [5.74, 6) is 0. The number of aryl methyl sites for hydroxylation is 1. The minimum Gasteiger partial charge on any atom is -0.276 e. The van der Waals surface area contributed by atoms with Gasteiger partial charge in [-0.05, 0) is 40.5 Å². The van der Waals surface area contributed by atoms with E-state index in [4.69, 9.17) is 0 Å². The predicted molar refractivity (Wildman–Crippen MR) is 95.3 cm³/mol. The molecule has 3 aromatic rings. The molecule has 23 heavy (non-hydrogen) atoms. The Hall–Kier alpha value is -1.64. The maximum Gasteiger partial charge on any atom is 0.271 e. The molecular weight excluding hydrogens is 398 g/mol. The maximum absolute atomic E-state index is 12.3. The van der Waals surface area contributed by atoms with E-state index in [0.29, 0.717) is 12.2 Å². The van der Waals surface area contributed by atoms with Crippen LogP contribution in [-0.2, 0) is 16.6 Å². The highest BCUT2D eigenvalue weighted by Gasteiger charge is 2.17. The zero-order chi connectivity index (χ0) is 16.4. The van der Waals surface area contributed by atoms with Crippen LogP contribution in [0.2, 0.25) is 0 Å². The monoisotopic (exact) mass is 411 g/mol. The molecule has 0 unspecified atom stereocenters. The lowest BCUT2D eigenvalue weighted by molar-refractivity contribution is 0.603. The fourth-order valence-electron chi connectivity index (χ4n) is 2.03. The number of anilines is 1. The third kappa shape index (κ3) is 4.01. The summed E-state index contributed by atoms with van der Waals surface area (Å²) in [6.45, 7) is 2.63. The second-order valence-corrected chi connectivity index (χ2v) is 9.45. The number of sulfonamides is 1. The van der Waals surface area contributed by atoms with E-state index in [0.717, 1.165) is 20.7 Å². The van der Waals surface area contributed by atoms with Gasteiger partial charge in [-0.2, -0.15) is 5.10 Å². The van der Waals surface area contributed by atoms with E-state index >= 15 is 0 Å². The van der Waals surface area contributed by atoms with Gasteiger partial charge in [-0.3, -0.25) is 9.40 Å². The molecule has 1 N–H and O–H groups in total. The topological polar surface area (TPSA) is 64.0 Å². The summed E-state index contributed by atoms with van der Waals surface area (Å²) < 4.78 is 29.8. The normalized spacial score (nSPS) is 11.6. The number of rotatable bonds is 5. The SMILES string of the molecule is Cc1ccc(Cn2cc(NS(=O)(=O)c3ccc(Br)s3)cn2)cc1. The first-order chi connectivity index (χ1) is 10.9. The van der Waals surface area contributed by atoms with Crippen molar-refractivity contribution in [2.75, 3.05) is 4.72 Å². The summed E-state index contributed by atoms with van der Waals surface area (Å²) in [4.78, 5) is 0. The fourth-order valence-corrected chi connectivity index (χ4v) is 5.07. The first kappa shape index (κ1) is 16.2. The van der Waals surface area contributed by atoms with Crippen LogP contribution in [0, 0.1) is 6.92 Å². The molecule has 8 heteroatoms. The Balaban J connectivity index is 1.73. The van der Waals surface area contributed by atoms with E-state index < -0.39 is 10.0 Å². The molecule has 0 radical (unpaired) electrons. The number of aromatic nitrogens is 2. The molecule has 0 saturated heterocycles. The zero-order valence-electron chi connectivity index (χ0n) is 12.2. The van der Waals surface area contributed by atoms with Gasteiger partial charge in [0.05, 0.1) is 22.2 Å². The minimum atomic E-state index is -3.57. The molecule has 0 spiro atoms. The van der Waals surface area contributed by atoms with Crippen LogP contribution in [0.4, 0.5) is 5.69 Å². The van der Waals surface area contributed by atoms with Gasteiger partial charge in [0.2, 0.25) is 0 Å². The van der Waals surface area contributed by atoms with Gasteiger partial charge in [-0.25, -0.2) is 8.42 Å². The molecule has 3 rings (SSSR count). The van der Waals surface area contributed by atoms with Gasteiger partial charge in [0, 0.05) is 6.20 Å². The molecule has 0 amide bonds. The summed E-state index contributed by atoms with van der Waals surface area (Å²) in [6, 6.07) is 11.4. The van der Waals surface area contributed by atoms with E-state index in [2.05, 4.69) is 25.8 Å². The van der Waals surface area contributed by atoms with Gasteiger partial charge in [-0.1, -0.05) is 29.8 Å². The molecule has 0 saturated carbocycles. The van der Waals surface area contributed by atoms with Crippen LogP contribution in [-0.4, -0.2) is 18.2 Å². The second kappa shape index (κ2) is 6.46. The smallest absolute Gasteiger partial charge is 0.271 e. The van der Waals surface area contributed by atoms with Crippen molar-refractivity contribution in [3.8, 4) is 0 Å². The second-order valence-electron chi connectivity index (χ2n) is 5.08. The first-order valence-corrected chi connectivity index (χ1v) is 9.88. The lowest BCUT2D eigenvalue weighted by Crippen LogP contribution is -2.10. The van der Waals surface area contributed by atoms with Crippen molar-refractivity contribution in [1.82, 2.24) is 9.78 Å². The van der Waals surface area contributed by atoms with Crippen molar-refractivity contribution in [3.05, 3.63) is 63.7 Å². The van der Waals surface area contributed by atoms with Gasteiger partial charge in [0.25, 0.3) is 10.0 Å². The Kier molecular flexibility index (Phi) is 4.56.